The summed E-state index contributed by atoms with van der Waals surface area (Å²) in [6, 6.07) is 15.1. The molecule has 2 aromatic carbocycles. The third kappa shape index (κ3) is 2.77. The quantitative estimate of drug-likeness (QED) is 0.515. The molecule has 0 N–H and O–H groups in total. The molecule has 3 heteroatoms. The molecular weight excluding hydrogens is 287 g/mol. The summed E-state index contributed by atoms with van der Waals surface area (Å²) >= 11 is -0.556. The van der Waals surface area contributed by atoms with Gasteiger partial charge in [-0.15, -0.1) is 0 Å². The van der Waals surface area contributed by atoms with E-state index in [1.165, 1.54) is 27.8 Å². The van der Waals surface area contributed by atoms with Crippen molar-refractivity contribution in [3.63, 3.8) is 0 Å². The van der Waals surface area contributed by atoms with E-state index < -0.39 is 17.0 Å². The Bertz CT molecular complexity index is 523. The summed E-state index contributed by atoms with van der Waals surface area (Å²) in [6.07, 6.45) is 2.28. The number of fused-ring (bicyclic) bond motifs is 3. The Morgan fingerprint density at radius 3 is 2.29 bits per heavy atom. The molecule has 0 amide bonds. The van der Waals surface area contributed by atoms with E-state index in [9.17, 15) is 0 Å². The normalized spacial score (nSPS) is 11.0. The van der Waals surface area contributed by atoms with Gasteiger partial charge in [-0.25, -0.2) is 0 Å². The zero-order chi connectivity index (χ0) is 12.3. The van der Waals surface area contributed by atoms with Crippen LogP contribution in [-0.4, -0.2) is 0 Å². The van der Waals surface area contributed by atoms with E-state index in [0.29, 0.717) is 0 Å². The Hall–Kier alpha value is -0.266. The summed E-state index contributed by atoms with van der Waals surface area (Å²) in [5.41, 5.74) is 6.83. The Labute approximate surface area is 119 Å². The van der Waals surface area contributed by atoms with Gasteiger partial charge in [0.15, 0.2) is 0 Å². The van der Waals surface area contributed by atoms with Crippen LogP contribution in [0.1, 0.15) is 16.7 Å². The molecule has 1 radical (unpaired) electrons. The van der Waals surface area contributed by atoms with E-state index >= 15 is 0 Å². The second-order valence-corrected chi connectivity index (χ2v) is 6.42. The second kappa shape index (κ2) is 6.06. The van der Waals surface area contributed by atoms with Crippen molar-refractivity contribution in [2.45, 2.75) is 6.92 Å². The van der Waals surface area contributed by atoms with Crippen molar-refractivity contribution in [3.05, 3.63) is 65.6 Å². The second-order valence-electron chi connectivity index (χ2n) is 3.84. The van der Waals surface area contributed by atoms with Gasteiger partial charge >= 0.3 is 35.6 Å². The number of hydrogen-bond donors (Lipinski definition) is 0. The zero-order valence-corrected chi connectivity index (χ0v) is 12.4. The van der Waals surface area contributed by atoms with Crippen LogP contribution in [0.2, 0.25) is 0 Å². The van der Waals surface area contributed by atoms with Crippen LogP contribution in [0.25, 0.3) is 11.1 Å². The fraction of sp³-hybridized carbons (Fsp3) is 0.0714. The van der Waals surface area contributed by atoms with Gasteiger partial charge in [-0.1, -0.05) is 42.5 Å². The van der Waals surface area contributed by atoms with Gasteiger partial charge in [-0.2, -0.15) is 0 Å². The maximum atomic E-state index is 4.89. The van der Waals surface area contributed by atoms with Gasteiger partial charge in [0, 0.05) is 6.42 Å². The van der Waals surface area contributed by atoms with Gasteiger partial charge in [0.05, 0.1) is 0 Å². The Morgan fingerprint density at radius 2 is 1.53 bits per heavy atom. The predicted molar refractivity (Wildman–Crippen MR) is 70.8 cm³/mol. The number of aryl methyl sites for hydroxylation is 1. The molecule has 17 heavy (non-hydrogen) atoms. The summed E-state index contributed by atoms with van der Waals surface area (Å²) in [5.74, 6) is 0. The predicted octanol–water partition coefficient (Wildman–Crippen LogP) is 4.95. The molecule has 0 fully saturated rings. The molecule has 0 unspecified atom stereocenters. The Morgan fingerprint density at radius 1 is 0.882 bits per heavy atom. The summed E-state index contributed by atoms with van der Waals surface area (Å²) in [5, 5.41) is 0. The summed E-state index contributed by atoms with van der Waals surface area (Å²) in [4.78, 5) is 0. The fourth-order valence-corrected chi connectivity index (χ4v) is 2.13. The van der Waals surface area contributed by atoms with Crippen molar-refractivity contribution in [1.29, 1.82) is 0 Å². The molecule has 0 spiro atoms. The van der Waals surface area contributed by atoms with Gasteiger partial charge in [0.1, 0.15) is 0 Å². The first-order valence-corrected chi connectivity index (χ1v) is 9.57. The Balaban J connectivity index is 0.000000329. The van der Waals surface area contributed by atoms with E-state index in [1.807, 2.05) is 0 Å². The number of hydrogen-bond acceptors (Lipinski definition) is 0. The van der Waals surface area contributed by atoms with Crippen molar-refractivity contribution >= 4 is 18.6 Å². The average Bonchev–Trinajstić information content (AvgIpc) is 2.71. The maximum absolute atomic E-state index is 4.89. The SMILES string of the molecule is Cc1cccc2c1[CH]c1ccccc1-2.[Cl][Ti][Cl]. The average molecular weight is 298 g/mol. The van der Waals surface area contributed by atoms with Gasteiger partial charge in [0.2, 0.25) is 0 Å². The fourth-order valence-electron chi connectivity index (χ4n) is 2.13. The molecule has 0 saturated carbocycles. The standard InChI is InChI=1S/C14H11.2ClH.Ti/c1-10-5-4-8-13-12-7-3-2-6-11(12)9-14(10)13;;;/h2-9H,1H3;2*1H;/q;;;+2/p-2. The van der Waals surface area contributed by atoms with Gasteiger partial charge in [-0.05, 0) is 34.7 Å². The van der Waals surface area contributed by atoms with Crippen LogP contribution in [-0.2, 0) is 17.0 Å². The minimum atomic E-state index is -0.556. The third-order valence-corrected chi connectivity index (χ3v) is 2.87. The van der Waals surface area contributed by atoms with Crippen LogP contribution in [0.15, 0.2) is 42.5 Å². The van der Waals surface area contributed by atoms with Crippen LogP contribution in [0, 0.1) is 13.3 Å². The van der Waals surface area contributed by atoms with Crippen LogP contribution in [0.3, 0.4) is 0 Å². The molecule has 0 atom stereocenters. The van der Waals surface area contributed by atoms with Crippen molar-refractivity contribution < 1.29 is 17.0 Å². The van der Waals surface area contributed by atoms with E-state index in [2.05, 4.69) is 55.8 Å². The first-order valence-electron chi connectivity index (χ1n) is 5.28. The first kappa shape index (κ1) is 13.2. The number of halogens is 2. The van der Waals surface area contributed by atoms with Crippen LogP contribution in [0.5, 0.6) is 0 Å². The molecule has 85 valence electrons. The van der Waals surface area contributed by atoms with E-state index in [-0.39, 0.29) is 0 Å². The molecule has 1 aliphatic carbocycles. The molecule has 1 aliphatic rings. The molecule has 0 aromatic heterocycles. The first-order chi connectivity index (χ1) is 8.27. The minimum absolute atomic E-state index is 0.556. The zero-order valence-electron chi connectivity index (χ0n) is 9.37. The topological polar surface area (TPSA) is 0 Å². The van der Waals surface area contributed by atoms with Crippen LogP contribution in [0.4, 0.5) is 0 Å². The monoisotopic (exact) mass is 297 g/mol. The van der Waals surface area contributed by atoms with Crippen LogP contribution >= 0.6 is 18.6 Å². The number of benzene rings is 2. The van der Waals surface area contributed by atoms with Crippen molar-refractivity contribution in [1.82, 2.24) is 0 Å². The van der Waals surface area contributed by atoms with Crippen LogP contribution < -0.4 is 0 Å². The molecule has 0 heterocycles. The molecule has 0 saturated heterocycles. The van der Waals surface area contributed by atoms with Gasteiger partial charge < -0.3 is 0 Å². The van der Waals surface area contributed by atoms with E-state index in [0.717, 1.165) is 0 Å². The number of rotatable bonds is 0. The molecule has 0 aliphatic heterocycles. The summed E-state index contributed by atoms with van der Waals surface area (Å²) in [7, 11) is 9.78. The summed E-state index contributed by atoms with van der Waals surface area (Å²) in [6.45, 7) is 2.17. The van der Waals surface area contributed by atoms with Crippen molar-refractivity contribution in [2.75, 3.05) is 0 Å². The molecular formula is C14H11Cl2Ti. The van der Waals surface area contributed by atoms with E-state index in [1.54, 1.807) is 0 Å². The Kier molecular flexibility index (Phi) is 4.70. The van der Waals surface area contributed by atoms with Crippen molar-refractivity contribution in [3.8, 4) is 11.1 Å². The van der Waals surface area contributed by atoms with Crippen molar-refractivity contribution in [2.24, 2.45) is 0 Å². The molecule has 3 rings (SSSR count). The third-order valence-electron chi connectivity index (χ3n) is 2.87. The molecule has 2 aromatic rings. The molecule has 0 bridgehead atoms. The summed E-state index contributed by atoms with van der Waals surface area (Å²) < 4.78 is 0. The van der Waals surface area contributed by atoms with Gasteiger partial charge in [-0.3, -0.25) is 0 Å². The molecule has 0 nitrogen and oxygen atoms in total. The van der Waals surface area contributed by atoms with E-state index in [4.69, 9.17) is 18.6 Å². The van der Waals surface area contributed by atoms with Gasteiger partial charge in [0.25, 0.3) is 0 Å².